The molecule has 0 aliphatic carbocycles. The van der Waals surface area contributed by atoms with Gasteiger partial charge in [0.25, 0.3) is 0 Å². The molecular formula is C21H25N5O4S2. The third-order valence-electron chi connectivity index (χ3n) is 5.20. The van der Waals surface area contributed by atoms with Gasteiger partial charge in [-0.3, -0.25) is 9.36 Å². The van der Waals surface area contributed by atoms with Gasteiger partial charge in [0, 0.05) is 25.3 Å². The molecule has 1 saturated heterocycles. The van der Waals surface area contributed by atoms with Crippen molar-refractivity contribution in [2.24, 2.45) is 0 Å². The van der Waals surface area contributed by atoms with Crippen molar-refractivity contribution in [2.75, 3.05) is 24.2 Å². The van der Waals surface area contributed by atoms with Crippen molar-refractivity contribution < 1.29 is 17.6 Å². The highest BCUT2D eigenvalue weighted by Crippen LogP contribution is 2.25. The van der Waals surface area contributed by atoms with E-state index in [-0.39, 0.29) is 16.6 Å². The minimum atomic E-state index is -3.49. The molecule has 9 nitrogen and oxygen atoms in total. The minimum absolute atomic E-state index is 0.143. The Morgan fingerprint density at radius 1 is 1.12 bits per heavy atom. The smallest absolute Gasteiger partial charge is 0.243 e. The number of hydrogen-bond donors (Lipinski definition) is 1. The number of nitrogens with one attached hydrogen (secondary N) is 1. The predicted molar refractivity (Wildman–Crippen MR) is 122 cm³/mol. The highest BCUT2D eigenvalue weighted by atomic mass is 32.2. The van der Waals surface area contributed by atoms with E-state index >= 15 is 0 Å². The second kappa shape index (κ2) is 9.88. The van der Waals surface area contributed by atoms with Gasteiger partial charge in [0.2, 0.25) is 15.9 Å². The molecule has 1 aliphatic heterocycles. The van der Waals surface area contributed by atoms with Crippen molar-refractivity contribution in [3.8, 4) is 11.6 Å². The van der Waals surface area contributed by atoms with E-state index in [9.17, 15) is 13.2 Å². The Bertz CT molecular complexity index is 1150. The summed E-state index contributed by atoms with van der Waals surface area (Å²) < 4.78 is 34.3. The quantitative estimate of drug-likeness (QED) is 0.497. The van der Waals surface area contributed by atoms with Gasteiger partial charge in [0.1, 0.15) is 0 Å². The fraction of sp³-hybridized carbons (Fsp3) is 0.381. The van der Waals surface area contributed by atoms with Crippen LogP contribution in [0.3, 0.4) is 0 Å². The lowest BCUT2D eigenvalue weighted by molar-refractivity contribution is -0.113. The zero-order valence-electron chi connectivity index (χ0n) is 17.7. The molecule has 0 unspecified atom stereocenters. The van der Waals surface area contributed by atoms with Gasteiger partial charge in [-0.1, -0.05) is 18.2 Å². The topological polar surface area (TPSA) is 110 Å². The van der Waals surface area contributed by atoms with Crippen LogP contribution in [0.1, 0.15) is 26.2 Å². The first-order valence-electron chi connectivity index (χ1n) is 10.5. The van der Waals surface area contributed by atoms with Crippen molar-refractivity contribution in [1.29, 1.82) is 0 Å². The van der Waals surface area contributed by atoms with Gasteiger partial charge in [-0.25, -0.2) is 8.42 Å². The van der Waals surface area contributed by atoms with Crippen LogP contribution in [0.25, 0.3) is 11.6 Å². The highest BCUT2D eigenvalue weighted by Gasteiger charge is 2.25. The van der Waals surface area contributed by atoms with E-state index in [0.717, 1.165) is 19.3 Å². The molecule has 0 saturated carbocycles. The second-order valence-corrected chi connectivity index (χ2v) is 10.2. The third kappa shape index (κ3) is 4.89. The monoisotopic (exact) mass is 475 g/mol. The number of sulfonamides is 1. The van der Waals surface area contributed by atoms with Crippen LogP contribution >= 0.6 is 11.8 Å². The van der Waals surface area contributed by atoms with Crippen molar-refractivity contribution in [1.82, 2.24) is 19.1 Å². The molecule has 3 aromatic rings. The number of anilines is 1. The zero-order valence-corrected chi connectivity index (χ0v) is 19.4. The van der Waals surface area contributed by atoms with Gasteiger partial charge in [-0.15, -0.1) is 10.2 Å². The number of furan rings is 1. The maximum atomic E-state index is 12.7. The normalized spacial score (nSPS) is 15.0. The van der Waals surface area contributed by atoms with Crippen molar-refractivity contribution >= 4 is 33.4 Å². The Labute approximate surface area is 191 Å². The number of carbonyl (C=O) groups is 1. The largest absolute Gasteiger partial charge is 0.461 e. The maximum absolute atomic E-state index is 12.7. The molecule has 0 radical (unpaired) electrons. The second-order valence-electron chi connectivity index (χ2n) is 7.35. The van der Waals surface area contributed by atoms with Crippen molar-refractivity contribution in [2.45, 2.75) is 42.8 Å². The zero-order chi connectivity index (χ0) is 22.6. The Balaban J connectivity index is 1.36. The Kier molecular flexibility index (Phi) is 6.97. The maximum Gasteiger partial charge on any atom is 0.243 e. The lowest BCUT2D eigenvalue weighted by Crippen LogP contribution is -2.35. The standard InChI is InChI=1S/C21H25N5O4S2/c1-2-26-20(18-7-6-14-30-18)23-24-21(26)31-15-19(27)22-16-8-10-17(11-9-16)32(28,29)25-12-4-3-5-13-25/h6-11,14H,2-5,12-13,15H2,1H3,(H,22,27). The Morgan fingerprint density at radius 2 is 1.88 bits per heavy atom. The van der Waals surface area contributed by atoms with E-state index in [0.29, 0.717) is 42.1 Å². The molecule has 0 spiro atoms. The van der Waals surface area contributed by atoms with E-state index in [1.807, 2.05) is 17.6 Å². The van der Waals surface area contributed by atoms with E-state index in [4.69, 9.17) is 4.42 Å². The van der Waals surface area contributed by atoms with Crippen LogP contribution in [0.4, 0.5) is 5.69 Å². The molecule has 4 rings (SSSR count). The van der Waals surface area contributed by atoms with Crippen molar-refractivity contribution in [3.05, 3.63) is 42.7 Å². The van der Waals surface area contributed by atoms with Crippen molar-refractivity contribution in [3.63, 3.8) is 0 Å². The summed E-state index contributed by atoms with van der Waals surface area (Å²) in [6.45, 7) is 3.73. The summed E-state index contributed by atoms with van der Waals surface area (Å²) in [6, 6.07) is 9.90. The molecule has 3 heterocycles. The SMILES string of the molecule is CCn1c(SCC(=O)Nc2ccc(S(=O)(=O)N3CCCCC3)cc2)nnc1-c1ccco1. The molecule has 1 N–H and O–H groups in total. The summed E-state index contributed by atoms with van der Waals surface area (Å²) in [6.07, 6.45) is 4.42. The van der Waals surface area contributed by atoms with Gasteiger partial charge in [-0.05, 0) is 56.2 Å². The number of amides is 1. The lowest BCUT2D eigenvalue weighted by Gasteiger charge is -2.25. The summed E-state index contributed by atoms with van der Waals surface area (Å²) in [4.78, 5) is 12.7. The summed E-state index contributed by atoms with van der Waals surface area (Å²) in [5.74, 6) is 1.16. The van der Waals surface area contributed by atoms with Gasteiger partial charge in [0.15, 0.2) is 16.7 Å². The van der Waals surface area contributed by atoms with Crippen LogP contribution in [-0.4, -0.2) is 52.2 Å². The van der Waals surface area contributed by atoms with Crippen LogP contribution in [0.15, 0.2) is 57.1 Å². The van der Waals surface area contributed by atoms with E-state index in [1.165, 1.54) is 28.2 Å². The van der Waals surface area contributed by atoms with Crippen LogP contribution in [0.5, 0.6) is 0 Å². The molecule has 11 heteroatoms. The number of benzene rings is 1. The highest BCUT2D eigenvalue weighted by molar-refractivity contribution is 7.99. The van der Waals surface area contributed by atoms with E-state index in [1.54, 1.807) is 24.5 Å². The molecule has 1 amide bonds. The number of piperidine rings is 1. The fourth-order valence-electron chi connectivity index (χ4n) is 3.56. The summed E-state index contributed by atoms with van der Waals surface area (Å²) >= 11 is 1.28. The van der Waals surface area contributed by atoms with E-state index < -0.39 is 10.0 Å². The van der Waals surface area contributed by atoms with Gasteiger partial charge in [-0.2, -0.15) is 4.31 Å². The molecule has 2 aromatic heterocycles. The van der Waals surface area contributed by atoms with Crippen LogP contribution in [0.2, 0.25) is 0 Å². The van der Waals surface area contributed by atoms with Crippen LogP contribution < -0.4 is 5.32 Å². The Morgan fingerprint density at radius 3 is 2.53 bits per heavy atom. The summed E-state index contributed by atoms with van der Waals surface area (Å²) in [5.41, 5.74) is 0.543. The van der Waals surface area contributed by atoms with E-state index in [2.05, 4.69) is 15.5 Å². The average molecular weight is 476 g/mol. The molecule has 0 bridgehead atoms. The molecule has 32 heavy (non-hydrogen) atoms. The Hall–Kier alpha value is -2.63. The van der Waals surface area contributed by atoms with Gasteiger partial charge < -0.3 is 9.73 Å². The molecule has 0 atom stereocenters. The van der Waals surface area contributed by atoms with Crippen LogP contribution in [-0.2, 0) is 21.4 Å². The summed E-state index contributed by atoms with van der Waals surface area (Å²) in [5, 5.41) is 11.8. The number of carbonyl (C=O) groups excluding carboxylic acids is 1. The number of aromatic nitrogens is 3. The summed E-state index contributed by atoms with van der Waals surface area (Å²) in [7, 11) is -3.49. The predicted octanol–water partition coefficient (Wildman–Crippen LogP) is 3.46. The molecule has 1 aliphatic rings. The number of nitrogens with zero attached hydrogens (tertiary/aromatic N) is 4. The van der Waals surface area contributed by atoms with Gasteiger partial charge >= 0.3 is 0 Å². The molecule has 1 fully saturated rings. The number of hydrogen-bond acceptors (Lipinski definition) is 7. The van der Waals surface area contributed by atoms with Gasteiger partial charge in [0.05, 0.1) is 16.9 Å². The minimum Gasteiger partial charge on any atom is -0.461 e. The first kappa shape index (κ1) is 22.6. The molecule has 170 valence electrons. The first-order chi connectivity index (χ1) is 15.5. The molecule has 1 aromatic carbocycles. The number of thioether (sulfide) groups is 1. The van der Waals surface area contributed by atoms with Crippen LogP contribution in [0, 0.1) is 0 Å². The third-order valence-corrected chi connectivity index (χ3v) is 8.08. The lowest BCUT2D eigenvalue weighted by atomic mass is 10.2. The average Bonchev–Trinajstić information content (AvgIpc) is 3.48. The molecular weight excluding hydrogens is 450 g/mol. The number of rotatable bonds is 8. The first-order valence-corrected chi connectivity index (χ1v) is 12.9. The fourth-order valence-corrected chi connectivity index (χ4v) is 5.88.